The first-order chi connectivity index (χ1) is 9.69. The lowest BCUT2D eigenvalue weighted by atomic mass is 10.2. The number of nitriles is 1. The van der Waals surface area contributed by atoms with E-state index in [-0.39, 0.29) is 22.4 Å². The first-order valence-electron chi connectivity index (χ1n) is 5.42. The molecule has 0 aliphatic carbocycles. The van der Waals surface area contributed by atoms with Crippen LogP contribution in [0.15, 0.2) is 28.9 Å². The molecule has 8 heteroatoms. The Bertz CT molecular complexity index is 819. The number of nitrogens with zero attached hydrogens (tertiary/aromatic N) is 4. The normalized spacial score (nSPS) is 10.4. The molecule has 0 spiro atoms. The first kappa shape index (κ1) is 12.3. The van der Waals surface area contributed by atoms with Crippen molar-refractivity contribution in [1.29, 1.82) is 5.26 Å². The Morgan fingerprint density at radius 2 is 2.20 bits per heavy atom. The molecule has 0 aliphatic rings. The number of nitrogens with one attached hydrogen (secondary N) is 1. The Morgan fingerprint density at radius 3 is 2.95 bits per heavy atom. The van der Waals surface area contributed by atoms with Crippen molar-refractivity contribution in [2.75, 3.05) is 0 Å². The van der Waals surface area contributed by atoms with Gasteiger partial charge >= 0.3 is 0 Å². The highest BCUT2D eigenvalue weighted by Crippen LogP contribution is 2.28. The van der Waals surface area contributed by atoms with Gasteiger partial charge < -0.3 is 4.52 Å². The van der Waals surface area contributed by atoms with E-state index in [1.165, 1.54) is 18.3 Å². The summed E-state index contributed by atoms with van der Waals surface area (Å²) in [5.41, 5.74) is 1.04. The predicted octanol–water partition coefficient (Wildman–Crippen LogP) is 2.79. The van der Waals surface area contributed by atoms with E-state index >= 15 is 0 Å². The first-order valence-corrected chi connectivity index (χ1v) is 5.80. The standard InChI is InChI=1S/C12H5ClFN5O/c13-9-3-6(14)1-2-7(9)11-17-12(20-19-11)8-5-16-18-10(8)4-15/h1-3,5H,(H,16,18). The number of benzene rings is 1. The van der Waals surface area contributed by atoms with Gasteiger partial charge in [-0.25, -0.2) is 4.39 Å². The van der Waals surface area contributed by atoms with Gasteiger partial charge in [-0.1, -0.05) is 16.8 Å². The summed E-state index contributed by atoms with van der Waals surface area (Å²) >= 11 is 5.92. The Balaban J connectivity index is 2.05. The summed E-state index contributed by atoms with van der Waals surface area (Å²) < 4.78 is 18.1. The highest BCUT2D eigenvalue weighted by Gasteiger charge is 2.17. The molecule has 2 aromatic heterocycles. The summed E-state index contributed by atoms with van der Waals surface area (Å²) in [4.78, 5) is 4.13. The van der Waals surface area contributed by atoms with Crippen molar-refractivity contribution >= 4 is 11.6 Å². The molecule has 6 nitrogen and oxygen atoms in total. The number of halogens is 2. The lowest BCUT2D eigenvalue weighted by molar-refractivity contribution is 0.432. The van der Waals surface area contributed by atoms with Gasteiger partial charge in [-0.15, -0.1) is 0 Å². The molecule has 2 heterocycles. The predicted molar refractivity (Wildman–Crippen MR) is 67.0 cm³/mol. The van der Waals surface area contributed by atoms with E-state index in [9.17, 15) is 4.39 Å². The van der Waals surface area contributed by atoms with Crippen LogP contribution in [0.25, 0.3) is 22.8 Å². The minimum atomic E-state index is -0.455. The lowest BCUT2D eigenvalue weighted by Crippen LogP contribution is -1.85. The van der Waals surface area contributed by atoms with E-state index < -0.39 is 5.82 Å². The number of hydrogen-bond donors (Lipinski definition) is 1. The summed E-state index contributed by atoms with van der Waals surface area (Å²) in [7, 11) is 0. The average Bonchev–Trinajstić information content (AvgIpc) is 3.06. The van der Waals surface area contributed by atoms with Crippen molar-refractivity contribution in [2.45, 2.75) is 0 Å². The monoisotopic (exact) mass is 289 g/mol. The molecule has 0 unspecified atom stereocenters. The van der Waals surface area contributed by atoms with E-state index in [0.29, 0.717) is 11.1 Å². The third-order valence-electron chi connectivity index (χ3n) is 2.58. The van der Waals surface area contributed by atoms with Gasteiger partial charge in [-0.3, -0.25) is 5.10 Å². The molecule has 3 rings (SSSR count). The minimum absolute atomic E-state index is 0.130. The second-order valence-corrected chi connectivity index (χ2v) is 4.22. The second kappa shape index (κ2) is 4.75. The van der Waals surface area contributed by atoms with Gasteiger partial charge in [0.05, 0.1) is 16.8 Å². The van der Waals surface area contributed by atoms with E-state index in [2.05, 4.69) is 20.3 Å². The molecular formula is C12H5ClFN5O. The second-order valence-electron chi connectivity index (χ2n) is 3.82. The molecule has 0 fully saturated rings. The summed E-state index contributed by atoms with van der Waals surface area (Å²) in [6.07, 6.45) is 1.40. The van der Waals surface area contributed by atoms with Crippen molar-refractivity contribution in [3.05, 3.63) is 40.9 Å². The smallest absolute Gasteiger partial charge is 0.262 e. The van der Waals surface area contributed by atoms with Crippen LogP contribution >= 0.6 is 11.6 Å². The van der Waals surface area contributed by atoms with Gasteiger partial charge in [0.1, 0.15) is 17.6 Å². The molecule has 0 bridgehead atoms. The van der Waals surface area contributed by atoms with Crippen LogP contribution in [0.5, 0.6) is 0 Å². The highest BCUT2D eigenvalue weighted by atomic mass is 35.5. The fourth-order valence-corrected chi connectivity index (χ4v) is 1.90. The Labute approximate surface area is 116 Å². The maximum absolute atomic E-state index is 13.0. The molecular weight excluding hydrogens is 285 g/mol. The van der Waals surface area contributed by atoms with Gasteiger partial charge in [0.2, 0.25) is 5.82 Å². The summed E-state index contributed by atoms with van der Waals surface area (Å²) in [5, 5.41) is 19.1. The fourth-order valence-electron chi connectivity index (χ4n) is 1.65. The van der Waals surface area contributed by atoms with E-state index in [1.54, 1.807) is 0 Å². The molecule has 3 aromatic rings. The lowest BCUT2D eigenvalue weighted by Gasteiger charge is -1.97. The van der Waals surface area contributed by atoms with E-state index in [1.807, 2.05) is 6.07 Å². The van der Waals surface area contributed by atoms with Crippen LogP contribution in [0, 0.1) is 17.1 Å². The highest BCUT2D eigenvalue weighted by molar-refractivity contribution is 6.33. The number of H-pyrrole nitrogens is 1. The molecule has 98 valence electrons. The Morgan fingerprint density at radius 1 is 1.35 bits per heavy atom. The molecule has 0 saturated heterocycles. The molecule has 0 amide bonds. The van der Waals surface area contributed by atoms with E-state index in [0.717, 1.165) is 6.07 Å². The van der Waals surface area contributed by atoms with Gasteiger partial charge in [0.25, 0.3) is 5.89 Å². The van der Waals surface area contributed by atoms with Crippen LogP contribution in [0.1, 0.15) is 5.69 Å². The number of hydrogen-bond acceptors (Lipinski definition) is 5. The van der Waals surface area contributed by atoms with Crippen LogP contribution < -0.4 is 0 Å². The summed E-state index contributed by atoms with van der Waals surface area (Å²) in [6.45, 7) is 0. The van der Waals surface area contributed by atoms with Crippen LogP contribution in [0.4, 0.5) is 4.39 Å². The van der Waals surface area contributed by atoms with Crippen LogP contribution in [0.3, 0.4) is 0 Å². The quantitative estimate of drug-likeness (QED) is 0.783. The number of aromatic nitrogens is 4. The van der Waals surface area contributed by atoms with Crippen molar-refractivity contribution in [3.63, 3.8) is 0 Å². The molecule has 1 aromatic carbocycles. The fraction of sp³-hybridized carbons (Fsp3) is 0. The maximum Gasteiger partial charge on any atom is 0.262 e. The zero-order valence-electron chi connectivity index (χ0n) is 9.76. The van der Waals surface area contributed by atoms with Crippen molar-refractivity contribution in [2.24, 2.45) is 0 Å². The topological polar surface area (TPSA) is 91.4 Å². The third-order valence-corrected chi connectivity index (χ3v) is 2.89. The number of aromatic amines is 1. The van der Waals surface area contributed by atoms with Gasteiger partial charge in [0.15, 0.2) is 0 Å². The molecule has 1 N–H and O–H groups in total. The summed E-state index contributed by atoms with van der Waals surface area (Å²) in [5.74, 6) is -0.121. The summed E-state index contributed by atoms with van der Waals surface area (Å²) in [6, 6.07) is 5.78. The van der Waals surface area contributed by atoms with Gasteiger partial charge in [-0.2, -0.15) is 15.3 Å². The third kappa shape index (κ3) is 2.02. The Hall–Kier alpha value is -2.72. The Kier molecular flexibility index (Phi) is 2.93. The van der Waals surface area contributed by atoms with Gasteiger partial charge in [-0.05, 0) is 18.2 Å². The van der Waals surface area contributed by atoms with Crippen LogP contribution in [-0.4, -0.2) is 20.3 Å². The molecule has 0 radical (unpaired) electrons. The maximum atomic E-state index is 13.0. The van der Waals surface area contributed by atoms with Crippen LogP contribution in [-0.2, 0) is 0 Å². The SMILES string of the molecule is N#Cc1[nH]ncc1-c1nc(-c2ccc(F)cc2Cl)no1. The largest absolute Gasteiger partial charge is 0.333 e. The zero-order valence-corrected chi connectivity index (χ0v) is 10.5. The zero-order chi connectivity index (χ0) is 14.1. The van der Waals surface area contributed by atoms with Gasteiger partial charge in [0, 0.05) is 5.56 Å². The molecule has 0 atom stereocenters. The number of rotatable bonds is 2. The van der Waals surface area contributed by atoms with E-state index in [4.69, 9.17) is 21.4 Å². The van der Waals surface area contributed by atoms with Crippen molar-refractivity contribution < 1.29 is 8.91 Å². The molecule has 0 aliphatic heterocycles. The van der Waals surface area contributed by atoms with Crippen LogP contribution in [0.2, 0.25) is 5.02 Å². The molecule has 0 saturated carbocycles. The average molecular weight is 290 g/mol. The van der Waals surface area contributed by atoms with Crippen molar-refractivity contribution in [3.8, 4) is 28.9 Å². The molecule has 20 heavy (non-hydrogen) atoms. The minimum Gasteiger partial charge on any atom is -0.333 e. The van der Waals surface area contributed by atoms with Crippen molar-refractivity contribution in [1.82, 2.24) is 20.3 Å².